The second kappa shape index (κ2) is 7.05. The fourth-order valence-corrected chi connectivity index (χ4v) is 2.89. The van der Waals surface area contributed by atoms with E-state index in [9.17, 15) is 9.59 Å². The van der Waals surface area contributed by atoms with Gasteiger partial charge in [0.05, 0.1) is 0 Å². The molecule has 1 aliphatic heterocycles. The van der Waals surface area contributed by atoms with Crippen molar-refractivity contribution in [2.24, 2.45) is 0 Å². The number of benzene rings is 1. The number of likely N-dealkylation sites (tertiary alicyclic amines) is 1. The van der Waals surface area contributed by atoms with Crippen LogP contribution in [0.25, 0.3) is 6.08 Å². The van der Waals surface area contributed by atoms with E-state index < -0.39 is 0 Å². The summed E-state index contributed by atoms with van der Waals surface area (Å²) in [4.78, 5) is 32.0. The molecule has 1 aromatic heterocycles. The minimum atomic E-state index is -0.338. The molecule has 0 spiro atoms. The van der Waals surface area contributed by atoms with E-state index in [4.69, 9.17) is 0 Å². The van der Waals surface area contributed by atoms with E-state index in [0.29, 0.717) is 6.54 Å². The monoisotopic (exact) mass is 309 g/mol. The summed E-state index contributed by atoms with van der Waals surface area (Å²) in [5, 5.41) is 0. The molecular weight excluding hydrogens is 290 g/mol. The lowest BCUT2D eigenvalue weighted by Crippen LogP contribution is -2.38. The van der Waals surface area contributed by atoms with Gasteiger partial charge in [0.25, 0.3) is 0 Å². The molecule has 23 heavy (non-hydrogen) atoms. The second-order valence-electron chi connectivity index (χ2n) is 5.70. The molecule has 1 amide bonds. The van der Waals surface area contributed by atoms with Crippen molar-refractivity contribution in [3.8, 4) is 0 Å². The third-order valence-corrected chi connectivity index (χ3v) is 4.09. The van der Waals surface area contributed by atoms with Gasteiger partial charge in [-0.3, -0.25) is 4.79 Å². The van der Waals surface area contributed by atoms with Gasteiger partial charge in [0.1, 0.15) is 0 Å². The van der Waals surface area contributed by atoms with Crippen molar-refractivity contribution in [3.05, 3.63) is 70.4 Å². The zero-order valence-electron chi connectivity index (χ0n) is 12.8. The van der Waals surface area contributed by atoms with Crippen LogP contribution in [0, 0.1) is 0 Å². The Morgan fingerprint density at radius 2 is 2.09 bits per heavy atom. The van der Waals surface area contributed by atoms with Crippen molar-refractivity contribution in [1.29, 1.82) is 0 Å². The highest BCUT2D eigenvalue weighted by Gasteiger charge is 2.24. The summed E-state index contributed by atoms with van der Waals surface area (Å²) >= 11 is 0. The summed E-state index contributed by atoms with van der Waals surface area (Å²) in [6, 6.07) is 11.6. The van der Waals surface area contributed by atoms with Crippen molar-refractivity contribution in [3.63, 3.8) is 0 Å². The van der Waals surface area contributed by atoms with Gasteiger partial charge in [-0.1, -0.05) is 30.3 Å². The van der Waals surface area contributed by atoms with Crippen LogP contribution >= 0.6 is 0 Å². The lowest BCUT2D eigenvalue weighted by molar-refractivity contribution is -0.127. The Kier molecular flexibility index (Phi) is 4.66. The zero-order chi connectivity index (χ0) is 16.1. The van der Waals surface area contributed by atoms with E-state index in [1.54, 1.807) is 6.08 Å². The summed E-state index contributed by atoms with van der Waals surface area (Å²) in [5.74, 6) is 0.170. The van der Waals surface area contributed by atoms with Crippen LogP contribution in [0.15, 0.2) is 53.5 Å². The van der Waals surface area contributed by atoms with Gasteiger partial charge in [0.2, 0.25) is 5.91 Å². The number of piperidine rings is 1. The summed E-state index contributed by atoms with van der Waals surface area (Å²) in [6.07, 6.45) is 6.86. The van der Waals surface area contributed by atoms with Gasteiger partial charge in [-0.25, -0.2) is 9.78 Å². The van der Waals surface area contributed by atoms with E-state index in [-0.39, 0.29) is 17.5 Å². The van der Waals surface area contributed by atoms with E-state index in [1.807, 2.05) is 47.4 Å². The number of hydrogen-bond acceptors (Lipinski definition) is 3. The highest BCUT2D eigenvalue weighted by Crippen LogP contribution is 2.24. The van der Waals surface area contributed by atoms with Crippen LogP contribution in [0.3, 0.4) is 0 Å². The number of aromatic nitrogens is 2. The van der Waals surface area contributed by atoms with Gasteiger partial charge in [-0.2, -0.15) is 0 Å². The largest absolute Gasteiger partial charge is 0.345 e. The van der Waals surface area contributed by atoms with Gasteiger partial charge in [0.15, 0.2) is 0 Å². The lowest BCUT2D eigenvalue weighted by atomic mass is 9.94. The number of nitrogens with one attached hydrogen (secondary N) is 1. The number of rotatable bonds is 3. The van der Waals surface area contributed by atoms with E-state index in [2.05, 4.69) is 9.97 Å². The smallest absolute Gasteiger partial charge is 0.338 e. The molecule has 1 N–H and O–H groups in total. The molecule has 2 heterocycles. The highest BCUT2D eigenvalue weighted by molar-refractivity contribution is 5.91. The Morgan fingerprint density at radius 1 is 1.26 bits per heavy atom. The number of carbonyl (C=O) groups is 1. The molecule has 5 nitrogen and oxygen atoms in total. The summed E-state index contributed by atoms with van der Waals surface area (Å²) in [5.41, 5.74) is 1.53. The van der Waals surface area contributed by atoms with Crippen LogP contribution in [0.1, 0.15) is 30.0 Å². The number of aromatic amines is 1. The topological polar surface area (TPSA) is 66.1 Å². The maximum absolute atomic E-state index is 12.4. The molecule has 1 saturated heterocycles. The molecule has 0 aliphatic carbocycles. The maximum atomic E-state index is 12.4. The normalized spacial score (nSPS) is 18.3. The molecule has 1 aliphatic rings. The summed E-state index contributed by atoms with van der Waals surface area (Å²) in [6.45, 7) is 1.38. The average molecular weight is 309 g/mol. The Balaban J connectivity index is 1.67. The molecule has 5 heteroatoms. The van der Waals surface area contributed by atoms with Gasteiger partial charge < -0.3 is 9.88 Å². The number of carbonyl (C=O) groups excluding carboxylic acids is 1. The van der Waals surface area contributed by atoms with E-state index >= 15 is 0 Å². The zero-order valence-corrected chi connectivity index (χ0v) is 12.8. The number of amides is 1. The lowest BCUT2D eigenvalue weighted by Gasteiger charge is -2.32. The Hall–Kier alpha value is -2.69. The Labute approximate surface area is 134 Å². The van der Waals surface area contributed by atoms with E-state index in [1.165, 1.54) is 6.20 Å². The van der Waals surface area contributed by atoms with Crippen molar-refractivity contribution in [1.82, 2.24) is 14.9 Å². The van der Waals surface area contributed by atoms with Gasteiger partial charge in [0, 0.05) is 37.0 Å². The third-order valence-electron chi connectivity index (χ3n) is 4.09. The molecular formula is C18H19N3O2. The van der Waals surface area contributed by atoms with Crippen molar-refractivity contribution in [2.45, 2.75) is 18.8 Å². The third kappa shape index (κ3) is 3.94. The fourth-order valence-electron chi connectivity index (χ4n) is 2.89. The first kappa shape index (κ1) is 15.2. The predicted octanol–water partition coefficient (Wildman–Crippen LogP) is 2.19. The molecule has 3 rings (SSSR count). The minimum Gasteiger partial charge on any atom is -0.338 e. The minimum absolute atomic E-state index is 0.00922. The molecule has 1 aromatic carbocycles. The SMILES string of the molecule is O=C(C=Cc1ccccc1)N1CCCC(c2ccnc(=O)[nH]2)C1. The van der Waals surface area contributed by atoms with Crippen LogP contribution in [0.2, 0.25) is 0 Å². The average Bonchev–Trinajstić information content (AvgIpc) is 2.61. The van der Waals surface area contributed by atoms with Crippen molar-refractivity contribution >= 4 is 12.0 Å². The highest BCUT2D eigenvalue weighted by atomic mass is 16.2. The quantitative estimate of drug-likeness (QED) is 0.884. The van der Waals surface area contributed by atoms with Crippen LogP contribution < -0.4 is 5.69 Å². The predicted molar refractivity (Wildman–Crippen MR) is 88.9 cm³/mol. The van der Waals surface area contributed by atoms with Crippen LogP contribution in [-0.4, -0.2) is 33.9 Å². The van der Waals surface area contributed by atoms with Crippen LogP contribution in [0.4, 0.5) is 0 Å². The van der Waals surface area contributed by atoms with Gasteiger partial charge >= 0.3 is 5.69 Å². The summed E-state index contributed by atoms with van der Waals surface area (Å²) < 4.78 is 0. The summed E-state index contributed by atoms with van der Waals surface area (Å²) in [7, 11) is 0. The first-order valence-electron chi connectivity index (χ1n) is 7.79. The first-order chi connectivity index (χ1) is 11.2. The Morgan fingerprint density at radius 3 is 2.87 bits per heavy atom. The molecule has 118 valence electrons. The molecule has 0 bridgehead atoms. The van der Waals surface area contributed by atoms with Crippen LogP contribution in [-0.2, 0) is 4.79 Å². The molecule has 1 atom stereocenters. The van der Waals surface area contributed by atoms with Crippen molar-refractivity contribution in [2.75, 3.05) is 13.1 Å². The molecule has 0 radical (unpaired) electrons. The maximum Gasteiger partial charge on any atom is 0.345 e. The molecule has 1 fully saturated rings. The second-order valence-corrected chi connectivity index (χ2v) is 5.70. The number of nitrogens with zero attached hydrogens (tertiary/aromatic N) is 2. The number of H-pyrrole nitrogens is 1. The van der Waals surface area contributed by atoms with E-state index in [0.717, 1.165) is 30.6 Å². The van der Waals surface area contributed by atoms with Crippen molar-refractivity contribution < 1.29 is 4.79 Å². The molecule has 0 saturated carbocycles. The standard InChI is InChI=1S/C18H19N3O2/c22-17(9-8-14-5-2-1-3-6-14)21-12-4-7-15(13-21)16-10-11-19-18(23)20-16/h1-3,5-6,8-11,15H,4,7,12-13H2,(H,19,20,23). The van der Waals surface area contributed by atoms with Gasteiger partial charge in [-0.15, -0.1) is 0 Å². The first-order valence-corrected chi connectivity index (χ1v) is 7.79. The van der Waals surface area contributed by atoms with Gasteiger partial charge in [-0.05, 0) is 30.5 Å². The molecule has 1 unspecified atom stereocenters. The fraction of sp³-hybridized carbons (Fsp3) is 0.278. The molecule has 2 aromatic rings. The number of hydrogen-bond donors (Lipinski definition) is 1. The van der Waals surface area contributed by atoms with Crippen LogP contribution in [0.5, 0.6) is 0 Å². The Bertz CT molecular complexity index is 752.